The van der Waals surface area contributed by atoms with Gasteiger partial charge in [0.15, 0.2) is 0 Å². The number of thiophene rings is 2. The van der Waals surface area contributed by atoms with Crippen LogP contribution in [0.25, 0.3) is 0 Å². The van der Waals surface area contributed by atoms with Crippen molar-refractivity contribution in [2.75, 3.05) is 30.1 Å². The molecule has 2 aliphatic rings. The van der Waals surface area contributed by atoms with E-state index in [1.807, 2.05) is 23.6 Å². The zero-order chi connectivity index (χ0) is 31.2. The maximum absolute atomic E-state index is 13.7. The van der Waals surface area contributed by atoms with E-state index in [1.54, 1.807) is 32.0 Å². The summed E-state index contributed by atoms with van der Waals surface area (Å²) in [6.07, 6.45) is 3.71. The van der Waals surface area contributed by atoms with Crippen LogP contribution in [0.4, 0.5) is 10.7 Å². The molecule has 1 aliphatic heterocycles. The van der Waals surface area contributed by atoms with Gasteiger partial charge < -0.3 is 25.4 Å². The lowest BCUT2D eigenvalue weighted by atomic mass is 9.86. The van der Waals surface area contributed by atoms with Crippen LogP contribution in [0.2, 0.25) is 0 Å². The molecule has 5 rings (SSSR count). The van der Waals surface area contributed by atoms with E-state index in [0.29, 0.717) is 43.9 Å². The zero-order valence-electron chi connectivity index (χ0n) is 24.6. The topological polar surface area (TPSA) is 130 Å². The van der Waals surface area contributed by atoms with Gasteiger partial charge in [-0.25, -0.2) is 4.79 Å². The highest BCUT2D eigenvalue weighted by Gasteiger charge is 2.36. The highest BCUT2D eigenvalue weighted by molar-refractivity contribution is 8.03. The van der Waals surface area contributed by atoms with Gasteiger partial charge in [0.1, 0.15) is 10.8 Å². The first-order chi connectivity index (χ1) is 21.4. The summed E-state index contributed by atoms with van der Waals surface area (Å²) in [4.78, 5) is 41.7. The maximum Gasteiger partial charge on any atom is 0.341 e. The molecule has 0 saturated carbocycles. The molecule has 0 spiro atoms. The van der Waals surface area contributed by atoms with Crippen LogP contribution >= 0.6 is 34.4 Å². The van der Waals surface area contributed by atoms with Crippen molar-refractivity contribution in [1.82, 2.24) is 5.32 Å². The molecule has 1 aromatic carbocycles. The first-order valence-corrected chi connectivity index (χ1v) is 16.9. The molecular formula is C32H32N4O5S3. The summed E-state index contributed by atoms with van der Waals surface area (Å²) in [5.74, 6) is -1.20. The second-order valence-corrected chi connectivity index (χ2v) is 13.2. The number of hydrogen-bond donors (Lipinski definition) is 3. The van der Waals surface area contributed by atoms with Gasteiger partial charge in [-0.2, -0.15) is 5.26 Å². The number of nitriles is 1. The largest absolute Gasteiger partial charge is 0.495 e. The van der Waals surface area contributed by atoms with Gasteiger partial charge in [-0.15, -0.1) is 22.7 Å². The van der Waals surface area contributed by atoms with Crippen LogP contribution in [0, 0.1) is 11.3 Å². The van der Waals surface area contributed by atoms with Crippen molar-refractivity contribution in [2.45, 2.75) is 45.4 Å². The molecule has 0 bridgehead atoms. The molecular weight excluding hydrogens is 617 g/mol. The Labute approximate surface area is 268 Å². The smallest absolute Gasteiger partial charge is 0.341 e. The van der Waals surface area contributed by atoms with E-state index in [-0.39, 0.29) is 24.2 Å². The predicted octanol–water partition coefficient (Wildman–Crippen LogP) is 6.58. The van der Waals surface area contributed by atoms with E-state index in [2.05, 4.69) is 22.0 Å². The predicted molar refractivity (Wildman–Crippen MR) is 175 cm³/mol. The molecule has 2 amide bonds. The van der Waals surface area contributed by atoms with E-state index in [9.17, 15) is 19.6 Å². The number of anilines is 2. The number of rotatable bonds is 10. The number of thioether (sulfide) groups is 1. The minimum absolute atomic E-state index is 0.00840. The summed E-state index contributed by atoms with van der Waals surface area (Å²) >= 11 is 4.07. The summed E-state index contributed by atoms with van der Waals surface area (Å²) in [6.45, 7) is 3.80. The molecule has 1 aliphatic carbocycles. The summed E-state index contributed by atoms with van der Waals surface area (Å²) < 4.78 is 10.7. The quantitative estimate of drug-likeness (QED) is 0.210. The van der Waals surface area contributed by atoms with Crippen molar-refractivity contribution in [3.05, 3.63) is 84.5 Å². The molecule has 9 nitrogen and oxygen atoms in total. The fraction of sp³-hybridized carbons (Fsp3) is 0.312. The number of allylic oxidation sites excluding steroid dienone is 2. The number of carbonyl (C=O) groups is 3. The van der Waals surface area contributed by atoms with E-state index in [4.69, 9.17) is 9.47 Å². The van der Waals surface area contributed by atoms with Crippen molar-refractivity contribution >= 4 is 62.9 Å². The minimum Gasteiger partial charge on any atom is -0.495 e. The number of para-hydroxylation sites is 2. The SMILES string of the molecule is CCOC(=O)c1c(NC(=O)CSC2=C(C#N)C(c3cccs3)C(C(=O)Nc3ccccc3OC)=C(C)N2)sc2c1CCCC2. The van der Waals surface area contributed by atoms with Crippen LogP contribution in [0.15, 0.2) is 63.7 Å². The second-order valence-electron chi connectivity index (χ2n) is 10.1. The lowest BCUT2D eigenvalue weighted by molar-refractivity contribution is -0.114. The first-order valence-electron chi connectivity index (χ1n) is 14.2. The standard InChI is InChI=1S/C32H32N4O5S3/c1-4-41-32(39)28-19-10-5-8-13-23(19)44-31(28)36-25(37)17-43-30-20(16-33)27(24-14-9-15-42-24)26(18(2)34-30)29(38)35-21-11-6-7-12-22(21)40-3/h6-7,9,11-12,14-15,27,34H,4-5,8,10,13,17H2,1-3H3,(H,35,38)(H,36,37). The number of hydrogen-bond acceptors (Lipinski definition) is 10. The number of amides is 2. The summed E-state index contributed by atoms with van der Waals surface area (Å²) in [6, 6.07) is 13.2. The third-order valence-corrected chi connectivity index (χ3v) is 10.5. The number of ether oxygens (including phenoxy) is 2. The number of nitrogens with one attached hydrogen (secondary N) is 3. The van der Waals surface area contributed by atoms with Crippen molar-refractivity contribution in [1.29, 1.82) is 5.26 Å². The van der Waals surface area contributed by atoms with Crippen LogP contribution in [0.1, 0.15) is 58.3 Å². The van der Waals surface area contributed by atoms with Gasteiger partial charge in [0, 0.05) is 21.0 Å². The van der Waals surface area contributed by atoms with Gasteiger partial charge in [0.05, 0.1) is 53.3 Å². The van der Waals surface area contributed by atoms with Crippen molar-refractivity contribution in [2.24, 2.45) is 0 Å². The molecule has 0 radical (unpaired) electrons. The van der Waals surface area contributed by atoms with Crippen LogP contribution in [-0.4, -0.2) is 37.3 Å². The zero-order valence-corrected chi connectivity index (χ0v) is 27.0. The van der Waals surface area contributed by atoms with Gasteiger partial charge in [-0.1, -0.05) is 30.0 Å². The average molecular weight is 649 g/mol. The fourth-order valence-electron chi connectivity index (χ4n) is 5.38. The number of dihydropyridines is 1. The van der Waals surface area contributed by atoms with Gasteiger partial charge >= 0.3 is 5.97 Å². The highest BCUT2D eigenvalue weighted by Crippen LogP contribution is 2.43. The number of carbonyl (C=O) groups excluding carboxylic acids is 3. The Morgan fingerprint density at radius 2 is 1.93 bits per heavy atom. The molecule has 2 aromatic heterocycles. The van der Waals surface area contributed by atoms with E-state index in [1.165, 1.54) is 41.5 Å². The molecule has 3 N–H and O–H groups in total. The molecule has 0 fully saturated rings. The third kappa shape index (κ3) is 6.55. The third-order valence-electron chi connectivity index (χ3n) is 7.33. The Balaban J connectivity index is 1.38. The van der Waals surface area contributed by atoms with Gasteiger partial charge in [-0.05, 0) is 68.7 Å². The number of benzene rings is 1. The van der Waals surface area contributed by atoms with Gasteiger partial charge in [-0.3, -0.25) is 9.59 Å². The lowest BCUT2D eigenvalue weighted by Crippen LogP contribution is -2.31. The van der Waals surface area contributed by atoms with Crippen molar-refractivity contribution < 1.29 is 23.9 Å². The Bertz CT molecular complexity index is 1680. The lowest BCUT2D eigenvalue weighted by Gasteiger charge is -2.29. The minimum atomic E-state index is -0.624. The van der Waals surface area contributed by atoms with Gasteiger partial charge in [0.2, 0.25) is 5.91 Å². The van der Waals surface area contributed by atoms with Crippen LogP contribution in [-0.2, 0) is 27.2 Å². The molecule has 3 aromatic rings. The molecule has 1 atom stereocenters. The summed E-state index contributed by atoms with van der Waals surface area (Å²) in [7, 11) is 1.53. The van der Waals surface area contributed by atoms with Crippen molar-refractivity contribution in [3.63, 3.8) is 0 Å². The maximum atomic E-state index is 13.7. The second kappa shape index (κ2) is 14.2. The number of aryl methyl sites for hydroxylation is 1. The number of methoxy groups -OCH3 is 1. The highest BCUT2D eigenvalue weighted by atomic mass is 32.2. The monoisotopic (exact) mass is 648 g/mol. The molecule has 3 heterocycles. The van der Waals surface area contributed by atoms with E-state index < -0.39 is 11.9 Å². The van der Waals surface area contributed by atoms with Crippen LogP contribution in [0.3, 0.4) is 0 Å². The van der Waals surface area contributed by atoms with E-state index >= 15 is 0 Å². The summed E-state index contributed by atoms with van der Waals surface area (Å²) in [5.41, 5.74) is 3.28. The van der Waals surface area contributed by atoms with Crippen LogP contribution < -0.4 is 20.7 Å². The normalized spacial score (nSPS) is 16.0. The molecule has 1 unspecified atom stereocenters. The number of fused-ring (bicyclic) bond motifs is 1. The fourth-order valence-corrected chi connectivity index (χ4v) is 8.41. The van der Waals surface area contributed by atoms with Crippen LogP contribution in [0.5, 0.6) is 5.75 Å². The van der Waals surface area contributed by atoms with Crippen molar-refractivity contribution in [3.8, 4) is 11.8 Å². The van der Waals surface area contributed by atoms with Gasteiger partial charge in [0.25, 0.3) is 5.91 Å². The molecule has 228 valence electrons. The summed E-state index contributed by atoms with van der Waals surface area (Å²) in [5, 5.41) is 22.4. The number of esters is 1. The molecule has 12 heteroatoms. The average Bonchev–Trinajstić information content (AvgIpc) is 3.68. The molecule has 44 heavy (non-hydrogen) atoms. The number of nitrogens with zero attached hydrogens (tertiary/aromatic N) is 1. The molecule has 0 saturated heterocycles. The Morgan fingerprint density at radius 1 is 1.14 bits per heavy atom. The first kappa shape index (κ1) is 31.4. The Kier molecular flexibility index (Phi) is 10.1. The Hall–Kier alpha value is -4.05. The van der Waals surface area contributed by atoms with E-state index in [0.717, 1.165) is 41.0 Å². The Morgan fingerprint density at radius 3 is 2.66 bits per heavy atom.